The molecule has 6 unspecified atom stereocenters. The van der Waals surface area contributed by atoms with Crippen molar-refractivity contribution >= 4 is 5.91 Å². The average molecular weight is 237 g/mol. The van der Waals surface area contributed by atoms with E-state index in [0.29, 0.717) is 6.04 Å². The van der Waals surface area contributed by atoms with Gasteiger partial charge in [0.25, 0.3) is 0 Å². The number of methoxy groups -OCH3 is 1. The molecule has 0 spiro atoms. The van der Waals surface area contributed by atoms with Crippen molar-refractivity contribution in [1.29, 1.82) is 0 Å². The largest absolute Gasteiger partial charge is 0.372 e. The molecule has 0 heterocycles. The van der Waals surface area contributed by atoms with E-state index < -0.39 is 0 Å². The van der Waals surface area contributed by atoms with Crippen LogP contribution in [0.2, 0.25) is 0 Å². The number of hydrogen-bond donors (Lipinski definition) is 1. The summed E-state index contributed by atoms with van der Waals surface area (Å²) in [6.07, 6.45) is 6.53. The summed E-state index contributed by atoms with van der Waals surface area (Å²) in [5.41, 5.74) is 0. The van der Waals surface area contributed by atoms with Gasteiger partial charge in [-0.15, -0.1) is 0 Å². The molecule has 1 amide bonds. The molecule has 0 aromatic carbocycles. The summed E-state index contributed by atoms with van der Waals surface area (Å²) in [5, 5.41) is 3.21. The minimum Gasteiger partial charge on any atom is -0.372 e. The van der Waals surface area contributed by atoms with E-state index in [4.69, 9.17) is 4.74 Å². The third kappa shape index (κ3) is 1.79. The lowest BCUT2D eigenvalue weighted by Gasteiger charge is -2.32. The van der Waals surface area contributed by atoms with Crippen LogP contribution in [-0.2, 0) is 9.53 Å². The van der Waals surface area contributed by atoms with Crippen LogP contribution in [0.3, 0.4) is 0 Å². The smallest absolute Gasteiger partial charge is 0.249 e. The first-order valence-electron chi connectivity index (χ1n) is 7.04. The Bertz CT molecular complexity index is 317. The van der Waals surface area contributed by atoms with Crippen LogP contribution in [-0.4, -0.2) is 25.2 Å². The molecule has 3 nitrogen and oxygen atoms in total. The average Bonchev–Trinajstić information content (AvgIpc) is 2.98. The first kappa shape index (κ1) is 11.5. The van der Waals surface area contributed by atoms with Gasteiger partial charge >= 0.3 is 0 Å². The van der Waals surface area contributed by atoms with E-state index in [0.717, 1.165) is 23.7 Å². The molecule has 0 aliphatic heterocycles. The maximum Gasteiger partial charge on any atom is 0.249 e. The molecule has 0 aromatic rings. The monoisotopic (exact) mass is 237 g/mol. The zero-order valence-corrected chi connectivity index (χ0v) is 10.8. The highest BCUT2D eigenvalue weighted by atomic mass is 16.5. The number of hydrogen-bond acceptors (Lipinski definition) is 2. The highest BCUT2D eigenvalue weighted by Gasteiger charge is 2.54. The summed E-state index contributed by atoms with van der Waals surface area (Å²) in [6, 6.07) is 0.435. The van der Waals surface area contributed by atoms with Crippen molar-refractivity contribution in [2.45, 2.75) is 51.2 Å². The van der Waals surface area contributed by atoms with Gasteiger partial charge in [-0.1, -0.05) is 6.42 Å². The molecule has 0 saturated heterocycles. The highest BCUT2D eigenvalue weighted by Crippen LogP contribution is 2.58. The third-order valence-electron chi connectivity index (χ3n) is 5.48. The molecular weight excluding hydrogens is 214 g/mol. The standard InChI is InChI=1S/C14H23NO2/c1-8(17-2)14(16)15-13-7-9-6-12(13)11-5-3-4-10(9)11/h8-13H,3-7H2,1-2H3,(H,15,16). The molecule has 3 aliphatic rings. The highest BCUT2D eigenvalue weighted by molar-refractivity contribution is 5.80. The fourth-order valence-electron chi connectivity index (χ4n) is 4.64. The van der Waals surface area contributed by atoms with Gasteiger partial charge in [0.05, 0.1) is 0 Å². The van der Waals surface area contributed by atoms with Crippen molar-refractivity contribution in [1.82, 2.24) is 5.32 Å². The first-order chi connectivity index (χ1) is 8.20. The second-order valence-electron chi connectivity index (χ2n) is 6.15. The second-order valence-corrected chi connectivity index (χ2v) is 6.15. The third-order valence-corrected chi connectivity index (χ3v) is 5.48. The number of rotatable bonds is 3. The van der Waals surface area contributed by atoms with Gasteiger partial charge in [0.1, 0.15) is 6.10 Å². The predicted molar refractivity (Wildman–Crippen MR) is 65.4 cm³/mol. The quantitative estimate of drug-likeness (QED) is 0.815. The van der Waals surface area contributed by atoms with E-state index >= 15 is 0 Å². The van der Waals surface area contributed by atoms with Crippen LogP contribution in [0.25, 0.3) is 0 Å². The van der Waals surface area contributed by atoms with Gasteiger partial charge in [0.15, 0.2) is 0 Å². The summed E-state index contributed by atoms with van der Waals surface area (Å²) in [4.78, 5) is 11.9. The maximum atomic E-state index is 11.9. The first-order valence-corrected chi connectivity index (χ1v) is 7.04. The second kappa shape index (κ2) is 4.27. The summed E-state index contributed by atoms with van der Waals surface area (Å²) < 4.78 is 5.08. The number of fused-ring (bicyclic) bond motifs is 5. The Balaban J connectivity index is 1.62. The van der Waals surface area contributed by atoms with Gasteiger partial charge in [-0.3, -0.25) is 4.79 Å². The lowest BCUT2D eigenvalue weighted by molar-refractivity contribution is -0.131. The number of carbonyl (C=O) groups excluding carboxylic acids is 1. The van der Waals surface area contributed by atoms with Crippen molar-refractivity contribution in [3.63, 3.8) is 0 Å². The van der Waals surface area contributed by atoms with Gasteiger partial charge < -0.3 is 10.1 Å². The van der Waals surface area contributed by atoms with Crippen LogP contribution in [0.4, 0.5) is 0 Å². The van der Waals surface area contributed by atoms with Crippen LogP contribution < -0.4 is 5.32 Å². The summed E-state index contributed by atoms with van der Waals surface area (Å²) in [7, 11) is 1.60. The number of nitrogens with one attached hydrogen (secondary N) is 1. The maximum absolute atomic E-state index is 11.9. The van der Waals surface area contributed by atoms with Gasteiger partial charge in [-0.2, -0.15) is 0 Å². The van der Waals surface area contributed by atoms with Crippen molar-refractivity contribution in [2.24, 2.45) is 23.7 Å². The SMILES string of the molecule is COC(C)C(=O)NC1CC2CC1C1CCCC21. The Morgan fingerprint density at radius 2 is 2.00 bits per heavy atom. The zero-order chi connectivity index (χ0) is 12.0. The number of carbonyl (C=O) groups is 1. The number of amides is 1. The molecule has 17 heavy (non-hydrogen) atoms. The Morgan fingerprint density at radius 1 is 1.24 bits per heavy atom. The van der Waals surface area contributed by atoms with Crippen LogP contribution in [0, 0.1) is 23.7 Å². The molecule has 3 aliphatic carbocycles. The fraction of sp³-hybridized carbons (Fsp3) is 0.929. The van der Waals surface area contributed by atoms with Gasteiger partial charge in [-0.25, -0.2) is 0 Å². The minimum atomic E-state index is -0.312. The molecular formula is C14H23NO2. The molecule has 2 bridgehead atoms. The lowest BCUT2D eigenvalue weighted by atomic mass is 9.79. The van der Waals surface area contributed by atoms with Gasteiger partial charge in [-0.05, 0) is 56.3 Å². The molecule has 3 rings (SSSR count). The Morgan fingerprint density at radius 3 is 2.76 bits per heavy atom. The van der Waals surface area contributed by atoms with E-state index in [1.165, 1.54) is 32.1 Å². The summed E-state index contributed by atoms with van der Waals surface area (Å²) in [6.45, 7) is 1.82. The Hall–Kier alpha value is -0.570. The minimum absolute atomic E-state index is 0.0691. The molecule has 1 N–H and O–H groups in total. The van der Waals surface area contributed by atoms with E-state index in [1.807, 2.05) is 6.92 Å². The normalized spacial score (nSPS) is 44.7. The van der Waals surface area contributed by atoms with E-state index in [1.54, 1.807) is 7.11 Å². The molecule has 0 aromatic heterocycles. The van der Waals surface area contributed by atoms with Crippen molar-refractivity contribution in [2.75, 3.05) is 7.11 Å². The Kier molecular flexibility index (Phi) is 2.89. The van der Waals surface area contributed by atoms with Crippen molar-refractivity contribution in [3.05, 3.63) is 0 Å². The van der Waals surface area contributed by atoms with E-state index in [9.17, 15) is 4.79 Å². The van der Waals surface area contributed by atoms with Crippen LogP contribution in [0.15, 0.2) is 0 Å². The lowest BCUT2D eigenvalue weighted by Crippen LogP contribution is -2.46. The molecule has 3 saturated carbocycles. The van der Waals surface area contributed by atoms with E-state index in [2.05, 4.69) is 5.32 Å². The van der Waals surface area contributed by atoms with Crippen LogP contribution in [0.1, 0.15) is 39.0 Å². The van der Waals surface area contributed by atoms with E-state index in [-0.39, 0.29) is 12.0 Å². The van der Waals surface area contributed by atoms with Gasteiger partial charge in [0.2, 0.25) is 5.91 Å². The Labute approximate surface area is 103 Å². The molecule has 96 valence electrons. The van der Waals surface area contributed by atoms with Crippen LogP contribution in [0.5, 0.6) is 0 Å². The predicted octanol–water partition coefficient (Wildman–Crippen LogP) is 1.96. The van der Waals surface area contributed by atoms with Crippen molar-refractivity contribution < 1.29 is 9.53 Å². The number of ether oxygens (including phenoxy) is 1. The fourth-order valence-corrected chi connectivity index (χ4v) is 4.64. The summed E-state index contributed by atoms with van der Waals surface area (Å²) in [5.74, 6) is 3.64. The molecule has 6 atom stereocenters. The molecule has 3 fully saturated rings. The summed E-state index contributed by atoms with van der Waals surface area (Å²) >= 11 is 0. The van der Waals surface area contributed by atoms with Crippen LogP contribution >= 0.6 is 0 Å². The van der Waals surface area contributed by atoms with Crippen molar-refractivity contribution in [3.8, 4) is 0 Å². The topological polar surface area (TPSA) is 38.3 Å². The molecule has 3 heteroatoms. The van der Waals surface area contributed by atoms with Gasteiger partial charge in [0, 0.05) is 13.2 Å². The zero-order valence-electron chi connectivity index (χ0n) is 10.8. The molecule has 0 radical (unpaired) electrons.